The first kappa shape index (κ1) is 26.0. The third-order valence-corrected chi connectivity index (χ3v) is 4.08. The van der Waals surface area contributed by atoms with Gasteiger partial charge in [-0.3, -0.25) is 0 Å². The van der Waals surface area contributed by atoms with Crippen LogP contribution >= 0.6 is 0 Å². The molecule has 0 spiro atoms. The van der Waals surface area contributed by atoms with Crippen LogP contribution in [0.3, 0.4) is 0 Å². The van der Waals surface area contributed by atoms with Crippen molar-refractivity contribution in [2.45, 2.75) is 96.3 Å². The molecule has 6 heteroatoms. The van der Waals surface area contributed by atoms with Gasteiger partial charge in [0.15, 0.2) is 0 Å². The van der Waals surface area contributed by atoms with Crippen LogP contribution in [-0.2, 0) is 0 Å². The second kappa shape index (κ2) is 19.1. The van der Waals surface area contributed by atoms with Crippen molar-refractivity contribution in [3.05, 3.63) is 0 Å². The first-order chi connectivity index (χ1) is 11.3. The minimum absolute atomic E-state index is 0.217. The van der Waals surface area contributed by atoms with Gasteiger partial charge in [0.1, 0.15) is 0 Å². The molecule has 0 saturated carbocycles. The molecule has 3 atom stereocenters. The Morgan fingerprint density at radius 3 is 1.67 bits per heavy atom. The number of rotatable bonds is 14. The van der Waals surface area contributed by atoms with E-state index in [1.54, 1.807) is 0 Å². The lowest BCUT2D eigenvalue weighted by molar-refractivity contribution is 0.430. The monoisotopic (exact) mass is 346 g/mol. The van der Waals surface area contributed by atoms with Crippen LogP contribution in [0.5, 0.6) is 0 Å². The molecule has 0 aromatic heterocycles. The van der Waals surface area contributed by atoms with Crippen LogP contribution in [0.15, 0.2) is 0 Å². The lowest BCUT2D eigenvalue weighted by atomic mass is 9.97. The Hall–Kier alpha value is -0.240. The summed E-state index contributed by atoms with van der Waals surface area (Å²) in [5.41, 5.74) is 33.1. The fraction of sp³-hybridized carbons (Fsp3) is 1.00. The molecule has 0 heterocycles. The van der Waals surface area contributed by atoms with Gasteiger partial charge in [0, 0.05) is 12.1 Å². The first-order valence-electron chi connectivity index (χ1n) is 9.75. The minimum Gasteiger partial charge on any atom is -0.330 e. The summed E-state index contributed by atoms with van der Waals surface area (Å²) >= 11 is 0. The summed E-state index contributed by atoms with van der Waals surface area (Å²) in [7, 11) is 0. The largest absolute Gasteiger partial charge is 0.330 e. The summed E-state index contributed by atoms with van der Waals surface area (Å²) in [6.07, 6.45) is 10.9. The van der Waals surface area contributed by atoms with E-state index >= 15 is 0 Å². The van der Waals surface area contributed by atoms with E-state index in [4.69, 9.17) is 34.4 Å². The predicted molar refractivity (Wildman–Crippen MR) is 107 cm³/mol. The summed E-state index contributed by atoms with van der Waals surface area (Å²) in [6.45, 7) is 5.95. The number of unbranched alkanes of at least 4 members (excludes halogenated alkanes) is 3. The standard InChI is InChI=1S/C10H24N2.C8H22N4/c1-9(8-10(2)12)6-4-3-5-7-11;9-6-2-1-3-7(10)4-5-8(11)12/h9-10H,3-8,11-12H2,1-2H3;7-8H,1-6,9-12H2. The van der Waals surface area contributed by atoms with Gasteiger partial charge in [-0.1, -0.05) is 32.6 Å². The molecule has 0 radical (unpaired) electrons. The van der Waals surface area contributed by atoms with Gasteiger partial charge in [0.2, 0.25) is 0 Å². The van der Waals surface area contributed by atoms with Crippen LogP contribution in [0, 0.1) is 5.92 Å². The lowest BCUT2D eigenvalue weighted by Gasteiger charge is -2.13. The van der Waals surface area contributed by atoms with Crippen molar-refractivity contribution >= 4 is 0 Å². The molecule has 0 aliphatic rings. The Bertz CT molecular complexity index is 236. The Morgan fingerprint density at radius 2 is 1.17 bits per heavy atom. The number of hydrogen-bond donors (Lipinski definition) is 6. The number of hydrogen-bond acceptors (Lipinski definition) is 6. The molecule has 0 rings (SSSR count). The molecule has 0 bridgehead atoms. The maximum Gasteiger partial charge on any atom is 0.0521 e. The molecule has 12 N–H and O–H groups in total. The van der Waals surface area contributed by atoms with E-state index in [0.717, 1.165) is 57.5 Å². The van der Waals surface area contributed by atoms with Crippen LogP contribution in [0.2, 0.25) is 0 Å². The zero-order valence-corrected chi connectivity index (χ0v) is 16.3. The van der Waals surface area contributed by atoms with E-state index in [1.807, 2.05) is 0 Å². The van der Waals surface area contributed by atoms with Crippen molar-refractivity contribution in [3.63, 3.8) is 0 Å². The molecule has 24 heavy (non-hydrogen) atoms. The summed E-state index contributed by atoms with van der Waals surface area (Å²) in [6, 6.07) is 0.598. The van der Waals surface area contributed by atoms with Crippen LogP contribution in [-0.4, -0.2) is 31.3 Å². The zero-order chi connectivity index (χ0) is 18.8. The van der Waals surface area contributed by atoms with Gasteiger partial charge in [-0.2, -0.15) is 0 Å². The van der Waals surface area contributed by atoms with E-state index in [1.165, 1.54) is 25.7 Å². The van der Waals surface area contributed by atoms with E-state index in [2.05, 4.69) is 13.8 Å². The van der Waals surface area contributed by atoms with Gasteiger partial charge in [0.05, 0.1) is 6.17 Å². The van der Waals surface area contributed by atoms with Gasteiger partial charge in [0.25, 0.3) is 0 Å². The van der Waals surface area contributed by atoms with Gasteiger partial charge in [-0.25, -0.2) is 0 Å². The fourth-order valence-corrected chi connectivity index (χ4v) is 2.67. The van der Waals surface area contributed by atoms with Crippen LogP contribution in [0.1, 0.15) is 78.1 Å². The molecule has 6 nitrogen and oxygen atoms in total. The normalized spacial score (nSPS) is 14.9. The minimum atomic E-state index is -0.217. The molecule has 0 amide bonds. The summed E-state index contributed by atoms with van der Waals surface area (Å²) in [5.74, 6) is 0.780. The smallest absolute Gasteiger partial charge is 0.0521 e. The average molecular weight is 347 g/mol. The fourth-order valence-electron chi connectivity index (χ4n) is 2.67. The summed E-state index contributed by atoms with van der Waals surface area (Å²) in [5, 5.41) is 0. The van der Waals surface area contributed by atoms with Crippen molar-refractivity contribution in [1.29, 1.82) is 0 Å². The molecule has 0 fully saturated rings. The molecule has 3 unspecified atom stereocenters. The van der Waals surface area contributed by atoms with E-state index < -0.39 is 0 Å². The predicted octanol–water partition coefficient (Wildman–Crippen LogP) is 1.35. The Morgan fingerprint density at radius 1 is 0.625 bits per heavy atom. The van der Waals surface area contributed by atoms with Crippen LogP contribution in [0.4, 0.5) is 0 Å². The second-order valence-electron chi connectivity index (χ2n) is 7.24. The molecular formula is C18H46N6. The molecule has 0 saturated heterocycles. The van der Waals surface area contributed by atoms with Crippen molar-refractivity contribution in [2.24, 2.45) is 40.3 Å². The Balaban J connectivity index is 0. The third kappa shape index (κ3) is 24.0. The quantitative estimate of drug-likeness (QED) is 0.206. The molecule has 0 aliphatic heterocycles. The molecular weight excluding hydrogens is 300 g/mol. The first-order valence-corrected chi connectivity index (χ1v) is 9.75. The van der Waals surface area contributed by atoms with Gasteiger partial charge >= 0.3 is 0 Å². The van der Waals surface area contributed by atoms with Gasteiger partial charge in [-0.15, -0.1) is 0 Å². The highest BCUT2D eigenvalue weighted by molar-refractivity contribution is 4.64. The zero-order valence-electron chi connectivity index (χ0n) is 16.3. The van der Waals surface area contributed by atoms with Crippen molar-refractivity contribution in [3.8, 4) is 0 Å². The van der Waals surface area contributed by atoms with Crippen molar-refractivity contribution in [1.82, 2.24) is 0 Å². The molecule has 0 aromatic carbocycles. The highest BCUT2D eigenvalue weighted by Gasteiger charge is 2.04. The third-order valence-electron chi connectivity index (χ3n) is 4.08. The average Bonchev–Trinajstić information content (AvgIpc) is 2.50. The summed E-state index contributed by atoms with van der Waals surface area (Å²) in [4.78, 5) is 0. The summed E-state index contributed by atoms with van der Waals surface area (Å²) < 4.78 is 0. The molecule has 0 aliphatic carbocycles. The van der Waals surface area contributed by atoms with E-state index in [-0.39, 0.29) is 12.2 Å². The Labute approximate surface area is 150 Å². The number of nitrogens with two attached hydrogens (primary N) is 6. The van der Waals surface area contributed by atoms with E-state index in [9.17, 15) is 0 Å². The highest BCUT2D eigenvalue weighted by Crippen LogP contribution is 2.13. The van der Waals surface area contributed by atoms with Gasteiger partial charge in [-0.05, 0) is 64.5 Å². The van der Waals surface area contributed by atoms with Crippen molar-refractivity contribution < 1.29 is 0 Å². The molecule has 0 aromatic rings. The topological polar surface area (TPSA) is 156 Å². The Kier molecular flexibility index (Phi) is 20.7. The van der Waals surface area contributed by atoms with E-state index in [0.29, 0.717) is 6.04 Å². The lowest BCUT2D eigenvalue weighted by Crippen LogP contribution is -2.33. The van der Waals surface area contributed by atoms with Gasteiger partial charge < -0.3 is 34.4 Å². The molecule has 148 valence electrons. The van der Waals surface area contributed by atoms with Crippen molar-refractivity contribution in [2.75, 3.05) is 13.1 Å². The maximum atomic E-state index is 5.81. The van der Waals surface area contributed by atoms with Crippen LogP contribution in [0.25, 0.3) is 0 Å². The maximum absolute atomic E-state index is 5.81. The second-order valence-corrected chi connectivity index (χ2v) is 7.24. The van der Waals surface area contributed by atoms with Crippen LogP contribution < -0.4 is 34.4 Å². The highest BCUT2D eigenvalue weighted by atomic mass is 14.8. The SMILES string of the molecule is CC(N)CC(C)CCCCCN.NCCCCC(N)CCC(N)N.